The molecule has 0 bridgehead atoms. The maximum absolute atomic E-state index is 16.5. The van der Waals surface area contributed by atoms with Crippen LogP contribution in [0, 0.1) is 12.8 Å². The molecule has 9 heteroatoms. The smallest absolute Gasteiger partial charge is 0.330 e. The number of benzene rings is 2. The second-order valence-corrected chi connectivity index (χ2v) is 10.2. The minimum Gasteiger partial charge on any atom is -0.469 e. The molecule has 1 aromatic heterocycles. The minimum absolute atomic E-state index is 0.137. The van der Waals surface area contributed by atoms with Crippen molar-refractivity contribution >= 4 is 34.6 Å². The van der Waals surface area contributed by atoms with Gasteiger partial charge >= 0.3 is 11.9 Å². The largest absolute Gasteiger partial charge is 0.469 e. The molecular weight excluding hydrogens is 489 g/mol. The van der Waals surface area contributed by atoms with Gasteiger partial charge in [-0.1, -0.05) is 24.3 Å². The fourth-order valence-corrected chi connectivity index (χ4v) is 5.38. The van der Waals surface area contributed by atoms with Gasteiger partial charge in [-0.3, -0.25) is 9.59 Å². The summed E-state index contributed by atoms with van der Waals surface area (Å²) in [5.41, 5.74) is 3.72. The Bertz CT molecular complexity index is 1300. The van der Waals surface area contributed by atoms with Crippen molar-refractivity contribution in [1.29, 1.82) is 0 Å². The number of halogens is 1. The maximum Gasteiger partial charge on any atom is 0.330 e. The Hall–Kier alpha value is -3.30. The number of para-hydroxylation sites is 1. The highest BCUT2D eigenvalue weighted by Crippen LogP contribution is 2.35. The standard InChI is InChI=1S/C29H34FN3O5/c1-19-7-3-4-8-23(19)31-28-32-24-14-9-20(17-25(24)37-28)18-26(34)29(30,33-15-5-6-16-33)38-22-12-10-21(11-13-22)27(35)36-2/h3-4,7-9,14,17,21-22H,5-6,10-13,15-16,18H2,1-2H3,(H,31,32). The first-order valence-corrected chi connectivity index (χ1v) is 13.3. The zero-order valence-corrected chi connectivity index (χ0v) is 21.9. The van der Waals surface area contributed by atoms with Crippen molar-refractivity contribution in [2.24, 2.45) is 5.92 Å². The van der Waals surface area contributed by atoms with Crippen molar-refractivity contribution in [1.82, 2.24) is 9.88 Å². The summed E-state index contributed by atoms with van der Waals surface area (Å²) in [4.78, 5) is 31.3. The van der Waals surface area contributed by atoms with Crippen molar-refractivity contribution in [3.05, 3.63) is 53.6 Å². The van der Waals surface area contributed by atoms with Gasteiger partial charge in [-0.2, -0.15) is 9.37 Å². The van der Waals surface area contributed by atoms with Crippen molar-refractivity contribution in [3.8, 4) is 0 Å². The van der Waals surface area contributed by atoms with E-state index >= 15 is 4.39 Å². The molecule has 8 nitrogen and oxygen atoms in total. The summed E-state index contributed by atoms with van der Waals surface area (Å²) in [7, 11) is 1.38. The number of nitrogens with zero attached hydrogens (tertiary/aromatic N) is 2. The van der Waals surface area contributed by atoms with E-state index in [0.29, 0.717) is 61.5 Å². The van der Waals surface area contributed by atoms with Crippen molar-refractivity contribution in [3.63, 3.8) is 0 Å². The number of rotatable bonds is 9. The maximum atomic E-state index is 16.5. The minimum atomic E-state index is -2.51. The highest BCUT2D eigenvalue weighted by Gasteiger charge is 2.48. The normalized spacial score (nSPS) is 21.8. The number of likely N-dealkylation sites (tertiary alicyclic amines) is 1. The zero-order chi connectivity index (χ0) is 26.7. The third-order valence-electron chi connectivity index (χ3n) is 7.59. The second-order valence-electron chi connectivity index (χ2n) is 10.2. The van der Waals surface area contributed by atoms with Crippen LogP contribution in [0.25, 0.3) is 11.1 Å². The molecule has 3 aromatic rings. The van der Waals surface area contributed by atoms with E-state index in [4.69, 9.17) is 13.9 Å². The molecule has 2 aromatic carbocycles. The molecule has 1 saturated heterocycles. The average Bonchev–Trinajstić information content (AvgIpc) is 3.60. The summed E-state index contributed by atoms with van der Waals surface area (Å²) in [5, 5.41) is 3.18. The zero-order valence-electron chi connectivity index (χ0n) is 21.9. The van der Waals surface area contributed by atoms with Crippen LogP contribution in [0.4, 0.5) is 16.1 Å². The molecule has 202 valence electrons. The Morgan fingerprint density at radius 1 is 1.13 bits per heavy atom. The van der Waals surface area contributed by atoms with E-state index < -0.39 is 17.9 Å². The van der Waals surface area contributed by atoms with Gasteiger partial charge in [-0.05, 0) is 74.8 Å². The number of fused-ring (bicyclic) bond motifs is 1. The fraction of sp³-hybridized carbons (Fsp3) is 0.483. The predicted octanol–water partition coefficient (Wildman–Crippen LogP) is 5.46. The lowest BCUT2D eigenvalue weighted by Crippen LogP contribution is -2.54. The number of carbonyl (C=O) groups excluding carboxylic acids is 2. The number of carbonyl (C=O) groups is 2. The molecule has 2 heterocycles. The Morgan fingerprint density at radius 3 is 2.58 bits per heavy atom. The number of hydrogen-bond acceptors (Lipinski definition) is 8. The quantitative estimate of drug-likeness (QED) is 0.292. The van der Waals surface area contributed by atoms with Gasteiger partial charge in [0.15, 0.2) is 5.58 Å². The molecule has 0 radical (unpaired) electrons. The number of nitrogens with one attached hydrogen (secondary N) is 1. The number of Topliss-reactive ketones (excluding diaryl/α,β-unsaturated/α-hetero) is 1. The van der Waals surface area contributed by atoms with Crippen LogP contribution < -0.4 is 5.32 Å². The molecule has 2 fully saturated rings. The van der Waals surface area contributed by atoms with Gasteiger partial charge < -0.3 is 19.2 Å². The number of anilines is 2. The lowest BCUT2D eigenvalue weighted by Gasteiger charge is -2.37. The van der Waals surface area contributed by atoms with Gasteiger partial charge in [-0.15, -0.1) is 0 Å². The van der Waals surface area contributed by atoms with E-state index in [-0.39, 0.29) is 18.3 Å². The van der Waals surface area contributed by atoms with E-state index in [1.54, 1.807) is 18.2 Å². The monoisotopic (exact) mass is 523 g/mol. The molecular formula is C29H34FN3O5. The van der Waals surface area contributed by atoms with Crippen molar-refractivity contribution in [2.75, 3.05) is 25.5 Å². The number of esters is 1. The number of methoxy groups -OCH3 is 1. The van der Waals surface area contributed by atoms with Gasteiger partial charge in [-0.25, -0.2) is 4.90 Å². The first-order chi connectivity index (χ1) is 18.4. The molecule has 0 spiro atoms. The number of oxazole rings is 1. The topological polar surface area (TPSA) is 93.9 Å². The van der Waals surface area contributed by atoms with Gasteiger partial charge in [0.2, 0.25) is 5.78 Å². The lowest BCUT2D eigenvalue weighted by molar-refractivity contribution is -0.252. The SMILES string of the molecule is COC(=O)C1CCC(OC(F)(C(=O)Cc2ccc3nc(Nc4ccccc4C)oc3c2)N2CCCC2)CC1. The first kappa shape index (κ1) is 26.3. The number of ketones is 1. The van der Waals surface area contributed by atoms with Gasteiger partial charge in [0, 0.05) is 25.2 Å². The van der Waals surface area contributed by atoms with Crippen molar-refractivity contribution < 1.29 is 27.9 Å². The van der Waals surface area contributed by atoms with Crippen LogP contribution in [-0.4, -0.2) is 53.9 Å². The van der Waals surface area contributed by atoms with Crippen LogP contribution >= 0.6 is 0 Å². The van der Waals surface area contributed by atoms with Crippen LogP contribution in [0.5, 0.6) is 0 Å². The molecule has 1 unspecified atom stereocenters. The number of alkyl halides is 1. The number of hydrogen-bond donors (Lipinski definition) is 1. The summed E-state index contributed by atoms with van der Waals surface area (Å²) >= 11 is 0. The average molecular weight is 524 g/mol. The first-order valence-electron chi connectivity index (χ1n) is 13.3. The molecule has 1 aliphatic carbocycles. The summed E-state index contributed by atoms with van der Waals surface area (Å²) in [6.07, 6.45) is 3.20. The van der Waals surface area contributed by atoms with Crippen LogP contribution in [0.1, 0.15) is 49.7 Å². The predicted molar refractivity (Wildman–Crippen MR) is 141 cm³/mol. The third kappa shape index (κ3) is 5.59. The molecule has 1 atom stereocenters. The van der Waals surface area contributed by atoms with Crippen LogP contribution in [0.15, 0.2) is 46.9 Å². The van der Waals surface area contributed by atoms with E-state index in [1.807, 2.05) is 31.2 Å². The Labute approximate surface area is 221 Å². The summed E-state index contributed by atoms with van der Waals surface area (Å²) in [6, 6.07) is 13.4. The summed E-state index contributed by atoms with van der Waals surface area (Å²) in [5.74, 6) is -3.58. The molecule has 2 aliphatic rings. The van der Waals surface area contributed by atoms with Crippen LogP contribution in [0.3, 0.4) is 0 Å². The summed E-state index contributed by atoms with van der Waals surface area (Å²) < 4.78 is 33.2. The Balaban J connectivity index is 1.29. The number of aromatic nitrogens is 1. The Morgan fingerprint density at radius 2 is 1.87 bits per heavy atom. The molecule has 1 N–H and O–H groups in total. The number of aryl methyl sites for hydroxylation is 1. The molecule has 0 amide bonds. The molecule has 38 heavy (non-hydrogen) atoms. The fourth-order valence-electron chi connectivity index (χ4n) is 5.38. The molecule has 1 aliphatic heterocycles. The highest BCUT2D eigenvalue weighted by molar-refractivity contribution is 5.88. The van der Waals surface area contributed by atoms with Crippen molar-refractivity contribution in [2.45, 2.75) is 64.0 Å². The third-order valence-corrected chi connectivity index (χ3v) is 7.59. The molecule has 5 rings (SSSR count). The highest BCUT2D eigenvalue weighted by atomic mass is 19.2. The van der Waals surface area contributed by atoms with E-state index in [2.05, 4.69) is 10.3 Å². The van der Waals surface area contributed by atoms with E-state index in [1.165, 1.54) is 12.0 Å². The second kappa shape index (κ2) is 11.2. The lowest BCUT2D eigenvalue weighted by atomic mass is 9.87. The van der Waals surface area contributed by atoms with Crippen LogP contribution in [-0.2, 0) is 25.5 Å². The van der Waals surface area contributed by atoms with Gasteiger partial charge in [0.1, 0.15) is 5.52 Å². The van der Waals surface area contributed by atoms with E-state index in [0.717, 1.165) is 24.1 Å². The Kier molecular flexibility index (Phi) is 7.76. The van der Waals surface area contributed by atoms with Gasteiger partial charge in [0.05, 0.1) is 19.1 Å². The number of ether oxygens (including phenoxy) is 2. The van der Waals surface area contributed by atoms with Gasteiger partial charge in [0.25, 0.3) is 6.01 Å². The van der Waals surface area contributed by atoms with E-state index in [9.17, 15) is 9.59 Å². The van der Waals surface area contributed by atoms with Crippen LogP contribution in [0.2, 0.25) is 0 Å². The summed E-state index contributed by atoms with van der Waals surface area (Å²) in [6.45, 7) is 2.93. The molecule has 1 saturated carbocycles.